The first-order chi connectivity index (χ1) is 12.6. The van der Waals surface area contributed by atoms with E-state index < -0.39 is 0 Å². The lowest BCUT2D eigenvalue weighted by Crippen LogP contribution is -2.52. The Morgan fingerprint density at radius 1 is 1.23 bits per heavy atom. The Kier molecular flexibility index (Phi) is 6.68. The number of esters is 1. The van der Waals surface area contributed by atoms with E-state index in [1.165, 1.54) is 5.56 Å². The van der Waals surface area contributed by atoms with Crippen LogP contribution in [-0.2, 0) is 19.0 Å². The van der Waals surface area contributed by atoms with Gasteiger partial charge in [-0.1, -0.05) is 36.8 Å². The molecule has 0 N–H and O–H groups in total. The van der Waals surface area contributed by atoms with Crippen molar-refractivity contribution >= 4 is 5.97 Å². The van der Waals surface area contributed by atoms with Gasteiger partial charge in [-0.25, -0.2) is 0 Å². The van der Waals surface area contributed by atoms with Crippen LogP contribution in [-0.4, -0.2) is 42.1 Å². The molecule has 0 amide bonds. The van der Waals surface area contributed by atoms with E-state index in [9.17, 15) is 4.79 Å². The summed E-state index contributed by atoms with van der Waals surface area (Å²) in [5.41, 5.74) is 1.28. The van der Waals surface area contributed by atoms with Crippen LogP contribution in [0.25, 0.3) is 0 Å². The maximum atomic E-state index is 12.2. The van der Waals surface area contributed by atoms with Gasteiger partial charge in [-0.05, 0) is 39.2 Å². The van der Waals surface area contributed by atoms with Crippen molar-refractivity contribution in [3.05, 3.63) is 35.9 Å². The lowest BCUT2D eigenvalue weighted by atomic mass is 9.88. The minimum atomic E-state index is -0.123. The largest absolute Gasteiger partial charge is 0.466 e. The highest BCUT2D eigenvalue weighted by atomic mass is 16.9. The third kappa shape index (κ3) is 4.64. The molecule has 2 aliphatic heterocycles. The van der Waals surface area contributed by atoms with E-state index in [1.807, 2.05) is 19.9 Å². The first-order valence-corrected chi connectivity index (χ1v) is 9.87. The minimum Gasteiger partial charge on any atom is -0.466 e. The van der Waals surface area contributed by atoms with Crippen LogP contribution in [0.3, 0.4) is 0 Å². The lowest BCUT2D eigenvalue weighted by Gasteiger charge is -2.48. The van der Waals surface area contributed by atoms with Crippen LogP contribution in [0.2, 0.25) is 0 Å². The predicted molar refractivity (Wildman–Crippen MR) is 99.4 cm³/mol. The van der Waals surface area contributed by atoms with Crippen LogP contribution in [0.1, 0.15) is 64.5 Å². The molecule has 26 heavy (non-hydrogen) atoms. The summed E-state index contributed by atoms with van der Waals surface area (Å²) in [4.78, 5) is 14.7. The molecule has 2 fully saturated rings. The van der Waals surface area contributed by atoms with Gasteiger partial charge in [0.1, 0.15) is 0 Å². The fourth-order valence-corrected chi connectivity index (χ4v) is 4.35. The number of piperidine rings is 1. The number of carbonyl (C=O) groups is 1. The third-order valence-electron chi connectivity index (χ3n) is 5.51. The first-order valence-electron chi connectivity index (χ1n) is 9.87. The Labute approximate surface area is 156 Å². The summed E-state index contributed by atoms with van der Waals surface area (Å²) >= 11 is 0. The summed E-state index contributed by atoms with van der Waals surface area (Å²) in [5, 5.41) is 0. The van der Waals surface area contributed by atoms with E-state index in [0.717, 1.165) is 25.7 Å². The van der Waals surface area contributed by atoms with Gasteiger partial charge in [-0.15, -0.1) is 0 Å². The quantitative estimate of drug-likeness (QED) is 0.686. The zero-order valence-electron chi connectivity index (χ0n) is 16.1. The number of hydrogen-bond donors (Lipinski definition) is 0. The van der Waals surface area contributed by atoms with Crippen LogP contribution >= 0.6 is 0 Å². The number of carbonyl (C=O) groups excluding carboxylic acids is 1. The molecule has 5 heteroatoms. The van der Waals surface area contributed by atoms with Crippen LogP contribution in [0, 0.1) is 0 Å². The van der Waals surface area contributed by atoms with Gasteiger partial charge >= 0.3 is 5.97 Å². The highest BCUT2D eigenvalue weighted by Gasteiger charge is 2.39. The number of ether oxygens (including phenoxy) is 3. The number of rotatable bonds is 7. The number of likely N-dealkylation sites (tertiary alicyclic amines) is 1. The van der Waals surface area contributed by atoms with E-state index in [2.05, 4.69) is 36.1 Å². The van der Waals surface area contributed by atoms with Gasteiger partial charge in [0, 0.05) is 24.5 Å². The number of nitrogens with zero attached hydrogens (tertiary/aromatic N) is 1. The fraction of sp³-hybridized carbons (Fsp3) is 0.667. The van der Waals surface area contributed by atoms with E-state index in [4.69, 9.17) is 14.2 Å². The highest BCUT2D eigenvalue weighted by molar-refractivity contribution is 5.70. The normalized spacial score (nSPS) is 30.4. The Morgan fingerprint density at radius 2 is 1.92 bits per heavy atom. The van der Waals surface area contributed by atoms with Crippen LogP contribution < -0.4 is 0 Å². The highest BCUT2D eigenvalue weighted by Crippen LogP contribution is 2.37. The molecule has 3 rings (SSSR count). The van der Waals surface area contributed by atoms with Gasteiger partial charge in [0.15, 0.2) is 12.6 Å². The van der Waals surface area contributed by atoms with Gasteiger partial charge in [0.05, 0.1) is 13.0 Å². The van der Waals surface area contributed by atoms with Crippen LogP contribution in [0.5, 0.6) is 0 Å². The molecule has 1 aromatic carbocycles. The smallest absolute Gasteiger partial charge is 0.307 e. The standard InChI is InChI=1S/C21H31NO4/c1-4-24-20(23)13-18-11-8-12-19(14-21-25-16(3)26-21)22(18)15(2)17-9-6-5-7-10-17/h5-7,9-10,15-16,18-19,21H,4,8,11-14H2,1-3H3/t15-,16?,18+,19-,21?/m1/s1. The van der Waals surface area contributed by atoms with Crippen LogP contribution in [0.15, 0.2) is 30.3 Å². The topological polar surface area (TPSA) is 48.0 Å². The molecule has 0 spiro atoms. The molecule has 0 saturated carbocycles. The van der Waals surface area contributed by atoms with Gasteiger partial charge < -0.3 is 14.2 Å². The maximum Gasteiger partial charge on any atom is 0.307 e. The monoisotopic (exact) mass is 361 g/mol. The van der Waals surface area contributed by atoms with Crippen molar-refractivity contribution in [3.63, 3.8) is 0 Å². The molecular weight excluding hydrogens is 330 g/mol. The molecule has 0 aliphatic carbocycles. The predicted octanol–water partition coefficient (Wildman–Crippen LogP) is 4.03. The van der Waals surface area contributed by atoms with Crippen molar-refractivity contribution in [2.45, 2.75) is 83.6 Å². The van der Waals surface area contributed by atoms with Crippen molar-refractivity contribution in [1.29, 1.82) is 0 Å². The zero-order valence-corrected chi connectivity index (χ0v) is 16.1. The molecule has 0 aromatic heterocycles. The molecule has 2 heterocycles. The molecule has 5 nitrogen and oxygen atoms in total. The van der Waals surface area contributed by atoms with Gasteiger partial charge in [0.2, 0.25) is 0 Å². The molecule has 0 radical (unpaired) electrons. The summed E-state index contributed by atoms with van der Waals surface area (Å²) in [6.45, 7) is 6.45. The zero-order chi connectivity index (χ0) is 18.5. The Balaban J connectivity index is 1.76. The summed E-state index contributed by atoms with van der Waals surface area (Å²) in [5.74, 6) is -0.104. The summed E-state index contributed by atoms with van der Waals surface area (Å²) in [6, 6.07) is 11.3. The summed E-state index contributed by atoms with van der Waals surface area (Å²) in [6.07, 6.45) is 4.32. The third-order valence-corrected chi connectivity index (χ3v) is 5.51. The molecule has 0 unspecified atom stereocenters. The summed E-state index contributed by atoms with van der Waals surface area (Å²) < 4.78 is 16.6. The Morgan fingerprint density at radius 3 is 2.58 bits per heavy atom. The van der Waals surface area contributed by atoms with Crippen LogP contribution in [0.4, 0.5) is 0 Å². The molecule has 3 atom stereocenters. The second-order valence-corrected chi connectivity index (χ2v) is 7.29. The molecule has 144 valence electrons. The first kappa shape index (κ1) is 19.3. The lowest BCUT2D eigenvalue weighted by molar-refractivity contribution is -0.380. The SMILES string of the molecule is CCOC(=O)C[C@@H]1CCC[C@H](CC2OC(C)O2)N1[C@H](C)c1ccccc1. The van der Waals surface area contributed by atoms with E-state index >= 15 is 0 Å². The average molecular weight is 361 g/mol. The van der Waals surface area contributed by atoms with Gasteiger partial charge in [-0.2, -0.15) is 0 Å². The van der Waals surface area contributed by atoms with Crippen molar-refractivity contribution < 1.29 is 19.0 Å². The van der Waals surface area contributed by atoms with E-state index in [0.29, 0.717) is 19.1 Å². The molecule has 0 bridgehead atoms. The van der Waals surface area contributed by atoms with Gasteiger partial charge in [0.25, 0.3) is 0 Å². The average Bonchev–Trinajstić information content (AvgIpc) is 2.61. The molecular formula is C21H31NO4. The maximum absolute atomic E-state index is 12.2. The second-order valence-electron chi connectivity index (χ2n) is 7.29. The Hall–Kier alpha value is -1.43. The van der Waals surface area contributed by atoms with Crippen molar-refractivity contribution in [3.8, 4) is 0 Å². The summed E-state index contributed by atoms with van der Waals surface area (Å²) in [7, 11) is 0. The number of hydrogen-bond acceptors (Lipinski definition) is 5. The van der Waals surface area contributed by atoms with Crippen molar-refractivity contribution in [1.82, 2.24) is 4.90 Å². The second kappa shape index (κ2) is 8.98. The van der Waals surface area contributed by atoms with Crippen molar-refractivity contribution in [2.24, 2.45) is 0 Å². The molecule has 2 saturated heterocycles. The number of benzene rings is 1. The molecule has 2 aliphatic rings. The minimum absolute atomic E-state index is 0.0982. The fourth-order valence-electron chi connectivity index (χ4n) is 4.35. The van der Waals surface area contributed by atoms with Gasteiger partial charge in [-0.3, -0.25) is 9.69 Å². The van der Waals surface area contributed by atoms with E-state index in [-0.39, 0.29) is 30.6 Å². The van der Waals surface area contributed by atoms with E-state index in [1.54, 1.807) is 0 Å². The molecule has 1 aromatic rings. The Bertz CT molecular complexity index is 573. The van der Waals surface area contributed by atoms with Crippen molar-refractivity contribution in [2.75, 3.05) is 6.61 Å².